The van der Waals surface area contributed by atoms with Gasteiger partial charge in [0.1, 0.15) is 0 Å². The summed E-state index contributed by atoms with van der Waals surface area (Å²) >= 11 is 0. The third-order valence-electron chi connectivity index (χ3n) is 4.13. The minimum atomic E-state index is 0.707. The number of benzene rings is 2. The number of pyridine rings is 1. The molecule has 1 N–H and O–H groups in total. The Morgan fingerprint density at radius 3 is 2.59 bits per heavy atom. The average Bonchev–Trinajstić information content (AvgIpc) is 2.96. The SMILES string of the molecule is Cc1c(C#N)ccc2c1[nH]c1c(-c3ccccn3)cccc12. The van der Waals surface area contributed by atoms with Crippen LogP contribution in [0, 0.1) is 18.3 Å². The Labute approximate surface area is 127 Å². The summed E-state index contributed by atoms with van der Waals surface area (Å²) < 4.78 is 0. The zero-order chi connectivity index (χ0) is 15.1. The lowest BCUT2D eigenvalue weighted by Crippen LogP contribution is -1.84. The van der Waals surface area contributed by atoms with Gasteiger partial charge in [-0.1, -0.05) is 30.3 Å². The largest absolute Gasteiger partial charge is 0.354 e. The number of nitrogens with one attached hydrogen (secondary N) is 1. The van der Waals surface area contributed by atoms with Crippen molar-refractivity contribution in [2.75, 3.05) is 0 Å². The van der Waals surface area contributed by atoms with Crippen LogP contribution in [0.2, 0.25) is 0 Å². The van der Waals surface area contributed by atoms with Crippen LogP contribution in [0.3, 0.4) is 0 Å². The Morgan fingerprint density at radius 2 is 1.82 bits per heavy atom. The number of fused-ring (bicyclic) bond motifs is 3. The van der Waals surface area contributed by atoms with Gasteiger partial charge >= 0.3 is 0 Å². The molecule has 4 rings (SSSR count). The monoisotopic (exact) mass is 283 g/mol. The smallest absolute Gasteiger partial charge is 0.0995 e. The predicted molar refractivity (Wildman–Crippen MR) is 88.5 cm³/mol. The molecule has 0 aliphatic rings. The molecule has 0 aliphatic carbocycles. The van der Waals surface area contributed by atoms with Crippen molar-refractivity contribution >= 4 is 21.8 Å². The van der Waals surface area contributed by atoms with Crippen LogP contribution < -0.4 is 0 Å². The maximum atomic E-state index is 9.21. The lowest BCUT2D eigenvalue weighted by atomic mass is 10.0. The van der Waals surface area contributed by atoms with Gasteiger partial charge in [0.05, 0.1) is 28.4 Å². The quantitative estimate of drug-likeness (QED) is 0.556. The summed E-state index contributed by atoms with van der Waals surface area (Å²) in [5.74, 6) is 0. The predicted octanol–water partition coefficient (Wildman–Crippen LogP) is 4.56. The zero-order valence-electron chi connectivity index (χ0n) is 12.1. The number of aromatic amines is 1. The van der Waals surface area contributed by atoms with Gasteiger partial charge in [0, 0.05) is 22.5 Å². The first-order valence-electron chi connectivity index (χ1n) is 7.15. The highest BCUT2D eigenvalue weighted by atomic mass is 14.7. The second kappa shape index (κ2) is 4.71. The standard InChI is InChI=1S/C19H13N3/c1-12-13(11-20)8-9-15-14-5-4-6-16(19(14)22-18(12)15)17-7-2-3-10-21-17/h2-10,22H,1H3. The fraction of sp³-hybridized carbons (Fsp3) is 0.0526. The molecule has 2 aromatic carbocycles. The Bertz CT molecular complexity index is 1040. The number of aromatic nitrogens is 2. The van der Waals surface area contributed by atoms with Gasteiger partial charge in [-0.3, -0.25) is 4.98 Å². The number of rotatable bonds is 1. The average molecular weight is 283 g/mol. The molecule has 0 bridgehead atoms. The van der Waals surface area contributed by atoms with Crippen molar-refractivity contribution in [1.82, 2.24) is 9.97 Å². The second-order valence-electron chi connectivity index (χ2n) is 5.34. The topological polar surface area (TPSA) is 52.5 Å². The maximum Gasteiger partial charge on any atom is 0.0995 e. The van der Waals surface area contributed by atoms with Gasteiger partial charge < -0.3 is 4.98 Å². The first-order chi connectivity index (χ1) is 10.8. The molecule has 0 fully saturated rings. The highest BCUT2D eigenvalue weighted by Gasteiger charge is 2.12. The van der Waals surface area contributed by atoms with Gasteiger partial charge in [0.25, 0.3) is 0 Å². The molecule has 0 atom stereocenters. The number of aryl methyl sites for hydroxylation is 1. The lowest BCUT2D eigenvalue weighted by Gasteiger charge is -2.02. The third kappa shape index (κ3) is 1.71. The van der Waals surface area contributed by atoms with Crippen LogP contribution in [0.25, 0.3) is 33.1 Å². The summed E-state index contributed by atoms with van der Waals surface area (Å²) in [5.41, 5.74) is 5.80. The third-order valence-corrected chi connectivity index (χ3v) is 4.13. The molecule has 0 amide bonds. The van der Waals surface area contributed by atoms with Crippen molar-refractivity contribution in [2.24, 2.45) is 0 Å². The van der Waals surface area contributed by atoms with Gasteiger partial charge in [-0.2, -0.15) is 5.26 Å². The van der Waals surface area contributed by atoms with E-state index in [1.54, 1.807) is 6.20 Å². The van der Waals surface area contributed by atoms with Crippen LogP contribution in [0.4, 0.5) is 0 Å². The highest BCUT2D eigenvalue weighted by molar-refractivity contribution is 6.12. The van der Waals surface area contributed by atoms with Crippen LogP contribution >= 0.6 is 0 Å². The molecular formula is C19H13N3. The van der Waals surface area contributed by atoms with Gasteiger partial charge in [-0.25, -0.2) is 0 Å². The van der Waals surface area contributed by atoms with E-state index >= 15 is 0 Å². The summed E-state index contributed by atoms with van der Waals surface area (Å²) in [6.45, 7) is 1.98. The van der Waals surface area contributed by atoms with Crippen molar-refractivity contribution in [1.29, 1.82) is 5.26 Å². The first kappa shape index (κ1) is 12.6. The van der Waals surface area contributed by atoms with Crippen molar-refractivity contribution in [3.8, 4) is 17.3 Å². The molecule has 22 heavy (non-hydrogen) atoms. The maximum absolute atomic E-state index is 9.21. The van der Waals surface area contributed by atoms with Crippen molar-refractivity contribution in [3.05, 3.63) is 65.9 Å². The molecule has 2 heterocycles. The van der Waals surface area contributed by atoms with E-state index in [-0.39, 0.29) is 0 Å². The molecule has 0 aliphatic heterocycles. The van der Waals surface area contributed by atoms with Gasteiger partial charge in [-0.15, -0.1) is 0 Å². The van der Waals surface area contributed by atoms with E-state index < -0.39 is 0 Å². The number of para-hydroxylation sites is 1. The molecule has 3 heteroatoms. The first-order valence-corrected chi connectivity index (χ1v) is 7.15. The Morgan fingerprint density at radius 1 is 0.955 bits per heavy atom. The van der Waals surface area contributed by atoms with Crippen LogP contribution in [-0.4, -0.2) is 9.97 Å². The minimum Gasteiger partial charge on any atom is -0.354 e. The molecule has 4 aromatic rings. The van der Waals surface area contributed by atoms with Gasteiger partial charge in [0.15, 0.2) is 0 Å². The van der Waals surface area contributed by atoms with Crippen LogP contribution in [-0.2, 0) is 0 Å². The summed E-state index contributed by atoms with van der Waals surface area (Å²) in [4.78, 5) is 7.95. The highest BCUT2D eigenvalue weighted by Crippen LogP contribution is 2.34. The second-order valence-corrected chi connectivity index (χ2v) is 5.34. The van der Waals surface area contributed by atoms with E-state index in [1.807, 2.05) is 43.3 Å². The number of hydrogen-bond donors (Lipinski definition) is 1. The molecule has 0 spiro atoms. The molecule has 2 aromatic heterocycles. The summed E-state index contributed by atoms with van der Waals surface area (Å²) in [5, 5.41) is 11.5. The zero-order valence-corrected chi connectivity index (χ0v) is 12.1. The summed E-state index contributed by atoms with van der Waals surface area (Å²) in [6, 6.07) is 18.3. The molecule has 0 unspecified atom stereocenters. The van der Waals surface area contributed by atoms with Crippen LogP contribution in [0.5, 0.6) is 0 Å². The van der Waals surface area contributed by atoms with E-state index in [2.05, 4.69) is 28.2 Å². The molecule has 0 radical (unpaired) electrons. The van der Waals surface area contributed by atoms with Gasteiger partial charge in [0.2, 0.25) is 0 Å². The molecule has 3 nitrogen and oxygen atoms in total. The van der Waals surface area contributed by atoms with Crippen LogP contribution in [0.1, 0.15) is 11.1 Å². The summed E-state index contributed by atoms with van der Waals surface area (Å²) in [7, 11) is 0. The summed E-state index contributed by atoms with van der Waals surface area (Å²) in [6.07, 6.45) is 1.80. The van der Waals surface area contributed by atoms with Gasteiger partial charge in [-0.05, 0) is 30.7 Å². The van der Waals surface area contributed by atoms with E-state index in [0.717, 1.165) is 38.6 Å². The fourth-order valence-corrected chi connectivity index (χ4v) is 2.99. The lowest BCUT2D eigenvalue weighted by molar-refractivity contribution is 1.33. The van der Waals surface area contributed by atoms with E-state index in [1.165, 1.54) is 0 Å². The Hall–Kier alpha value is -3.12. The Kier molecular flexibility index (Phi) is 2.70. The van der Waals surface area contributed by atoms with Crippen molar-refractivity contribution in [2.45, 2.75) is 6.92 Å². The number of H-pyrrole nitrogens is 1. The molecule has 104 valence electrons. The normalized spacial score (nSPS) is 10.9. The Balaban J connectivity index is 2.12. The minimum absolute atomic E-state index is 0.707. The van der Waals surface area contributed by atoms with Crippen LogP contribution in [0.15, 0.2) is 54.7 Å². The molecular weight excluding hydrogens is 270 g/mol. The van der Waals surface area contributed by atoms with E-state index in [9.17, 15) is 5.26 Å². The number of nitrogens with zero attached hydrogens (tertiary/aromatic N) is 2. The van der Waals surface area contributed by atoms with E-state index in [0.29, 0.717) is 5.56 Å². The number of nitriles is 1. The van der Waals surface area contributed by atoms with Crippen molar-refractivity contribution in [3.63, 3.8) is 0 Å². The fourth-order valence-electron chi connectivity index (χ4n) is 2.99. The number of hydrogen-bond acceptors (Lipinski definition) is 2. The molecule has 0 saturated carbocycles. The molecule has 0 saturated heterocycles. The van der Waals surface area contributed by atoms with Crippen molar-refractivity contribution < 1.29 is 0 Å². The van der Waals surface area contributed by atoms with E-state index in [4.69, 9.17) is 0 Å².